The lowest BCUT2D eigenvalue weighted by atomic mass is 10.0. The number of azo groups is 1. The first-order valence-corrected chi connectivity index (χ1v) is 13.1. The van der Waals surface area contributed by atoms with Gasteiger partial charge >= 0.3 is 5.97 Å². The van der Waals surface area contributed by atoms with E-state index in [0.717, 1.165) is 16.7 Å². The van der Waals surface area contributed by atoms with Crippen molar-refractivity contribution in [3.63, 3.8) is 0 Å². The van der Waals surface area contributed by atoms with Crippen molar-refractivity contribution in [1.82, 2.24) is 0 Å². The van der Waals surface area contributed by atoms with Crippen LogP contribution < -0.4 is 10.6 Å². The molecular formula is C33H23N5O4. The second kappa shape index (κ2) is 11.3. The Morgan fingerprint density at radius 1 is 0.643 bits per heavy atom. The maximum atomic E-state index is 13.0. The number of carboxylic acid groups (broad SMARTS) is 1. The Hall–Kier alpha value is -5.96. The van der Waals surface area contributed by atoms with Crippen molar-refractivity contribution >= 4 is 45.8 Å². The van der Waals surface area contributed by atoms with Gasteiger partial charge in [0.25, 0.3) is 11.8 Å². The first-order chi connectivity index (χ1) is 20.5. The van der Waals surface area contributed by atoms with Crippen LogP contribution in [0.1, 0.15) is 36.6 Å². The average molecular weight is 554 g/mol. The lowest BCUT2D eigenvalue weighted by Crippen LogP contribution is -2.12. The van der Waals surface area contributed by atoms with Crippen LogP contribution in [0.4, 0.5) is 11.4 Å². The molecule has 1 aliphatic heterocycles. The first kappa shape index (κ1) is 26.3. The third-order valence-electron chi connectivity index (χ3n) is 6.86. The second-order valence-corrected chi connectivity index (χ2v) is 9.52. The lowest BCUT2D eigenvalue weighted by molar-refractivity contribution is 0.0698. The topological polar surface area (TPSA) is 133 Å². The third kappa shape index (κ3) is 5.39. The molecule has 0 fully saturated rings. The summed E-state index contributed by atoms with van der Waals surface area (Å²) in [6.45, 7) is 0.302. The summed E-state index contributed by atoms with van der Waals surface area (Å²) in [6.07, 6.45) is 0. The Morgan fingerprint density at radius 2 is 1.33 bits per heavy atom. The summed E-state index contributed by atoms with van der Waals surface area (Å²) in [5, 5.41) is 24.3. The zero-order chi connectivity index (χ0) is 29.1. The van der Waals surface area contributed by atoms with E-state index in [-0.39, 0.29) is 17.4 Å². The first-order valence-electron chi connectivity index (χ1n) is 13.1. The largest absolute Gasteiger partial charge is 0.478 e. The van der Waals surface area contributed by atoms with Crippen LogP contribution in [0, 0.1) is 0 Å². The van der Waals surface area contributed by atoms with Crippen LogP contribution >= 0.6 is 0 Å². The molecule has 0 unspecified atom stereocenters. The zero-order valence-electron chi connectivity index (χ0n) is 22.1. The van der Waals surface area contributed by atoms with E-state index in [4.69, 9.17) is 0 Å². The average Bonchev–Trinajstić information content (AvgIpc) is 3.57. The molecule has 5 aromatic rings. The van der Waals surface area contributed by atoms with E-state index in [1.807, 2.05) is 42.5 Å². The van der Waals surface area contributed by atoms with E-state index in [2.05, 4.69) is 25.9 Å². The number of benzene rings is 5. The van der Waals surface area contributed by atoms with Crippen molar-refractivity contribution in [2.75, 3.05) is 17.3 Å². The molecule has 0 saturated heterocycles. The van der Waals surface area contributed by atoms with Crippen molar-refractivity contribution in [3.8, 4) is 11.1 Å². The predicted octanol–water partition coefficient (Wildman–Crippen LogP) is 6.88. The Labute approximate surface area is 240 Å². The lowest BCUT2D eigenvalue weighted by Gasteiger charge is -2.11. The molecular weight excluding hydrogens is 530 g/mol. The minimum atomic E-state index is -1.02. The quantitative estimate of drug-likeness (QED) is 0.203. The van der Waals surface area contributed by atoms with Gasteiger partial charge in [0.1, 0.15) is 0 Å². The Balaban J connectivity index is 1.13. The SMILES string of the molecule is O=C(Nc1ccc(-c2ccc(C(=O)Nc3ccc(C(=O)O)c4ccccc34)cc2)cc1)c1cccc(C2=NCN=N2)c1. The normalized spacial score (nSPS) is 12.1. The molecule has 9 heteroatoms. The van der Waals surface area contributed by atoms with Crippen LogP contribution in [0.15, 0.2) is 124 Å². The molecule has 0 bridgehead atoms. The van der Waals surface area contributed by atoms with Gasteiger partial charge in [-0.15, -0.1) is 5.11 Å². The highest BCUT2D eigenvalue weighted by Crippen LogP contribution is 2.28. The summed E-state index contributed by atoms with van der Waals surface area (Å²) >= 11 is 0. The summed E-state index contributed by atoms with van der Waals surface area (Å²) in [5.41, 5.74) is 4.86. The minimum Gasteiger partial charge on any atom is -0.478 e. The Kier molecular flexibility index (Phi) is 7.05. The van der Waals surface area contributed by atoms with Crippen molar-refractivity contribution in [1.29, 1.82) is 0 Å². The number of amides is 2. The van der Waals surface area contributed by atoms with Gasteiger partial charge in [0.05, 0.1) is 5.56 Å². The molecule has 2 amide bonds. The Bertz CT molecular complexity index is 1910. The standard InChI is InChI=1S/C33H23N5O4/c39-31(37-29-17-16-28(33(41)42)26-6-1-2-7-27(26)29)22-10-8-20(9-11-22)21-12-14-25(15-13-21)36-32(40)24-5-3-4-23(18-24)30-34-19-35-38-30/h1-18H,19H2,(H,36,40)(H,37,39)(H,41,42). The number of rotatable bonds is 7. The number of nitrogens with one attached hydrogen (secondary N) is 2. The van der Waals surface area contributed by atoms with Crippen LogP contribution in [0.3, 0.4) is 0 Å². The highest BCUT2D eigenvalue weighted by atomic mass is 16.4. The summed E-state index contributed by atoms with van der Waals surface area (Å²) in [6, 6.07) is 31.8. The molecule has 1 heterocycles. The number of aliphatic imine (C=N–C) groups is 1. The smallest absolute Gasteiger partial charge is 0.336 e. The number of hydrogen-bond acceptors (Lipinski definition) is 6. The fraction of sp³-hybridized carbons (Fsp3) is 0.0303. The highest BCUT2D eigenvalue weighted by Gasteiger charge is 2.14. The van der Waals surface area contributed by atoms with Crippen LogP contribution in [0.5, 0.6) is 0 Å². The van der Waals surface area contributed by atoms with Crippen molar-refractivity contribution in [2.24, 2.45) is 15.2 Å². The van der Waals surface area contributed by atoms with Gasteiger partial charge in [-0.05, 0) is 65.0 Å². The molecule has 204 valence electrons. The number of anilines is 2. The van der Waals surface area contributed by atoms with E-state index in [1.165, 1.54) is 6.07 Å². The predicted molar refractivity (Wildman–Crippen MR) is 161 cm³/mol. The van der Waals surface area contributed by atoms with E-state index in [9.17, 15) is 19.5 Å². The number of fused-ring (bicyclic) bond motifs is 1. The fourth-order valence-corrected chi connectivity index (χ4v) is 4.73. The van der Waals surface area contributed by atoms with Crippen molar-refractivity contribution in [3.05, 3.63) is 131 Å². The van der Waals surface area contributed by atoms with Crippen LogP contribution in [-0.4, -0.2) is 35.4 Å². The van der Waals surface area contributed by atoms with Crippen LogP contribution in [-0.2, 0) is 0 Å². The monoisotopic (exact) mass is 553 g/mol. The molecule has 0 saturated carbocycles. The van der Waals surface area contributed by atoms with Gasteiger partial charge in [0.15, 0.2) is 12.5 Å². The number of nitrogens with zero attached hydrogens (tertiary/aromatic N) is 3. The van der Waals surface area contributed by atoms with Gasteiger partial charge < -0.3 is 15.7 Å². The van der Waals surface area contributed by atoms with Gasteiger partial charge in [-0.3, -0.25) is 9.59 Å². The zero-order valence-corrected chi connectivity index (χ0v) is 22.1. The fourth-order valence-electron chi connectivity index (χ4n) is 4.73. The number of amidine groups is 1. The van der Waals surface area contributed by atoms with Crippen LogP contribution in [0.25, 0.3) is 21.9 Å². The molecule has 0 atom stereocenters. The number of carboxylic acids is 1. The maximum absolute atomic E-state index is 13.0. The molecule has 42 heavy (non-hydrogen) atoms. The van der Waals surface area contributed by atoms with Gasteiger partial charge in [-0.1, -0.05) is 60.7 Å². The molecule has 1 aliphatic rings. The Morgan fingerprint density at radius 3 is 2.02 bits per heavy atom. The second-order valence-electron chi connectivity index (χ2n) is 9.52. The van der Waals surface area contributed by atoms with Crippen molar-refractivity contribution in [2.45, 2.75) is 0 Å². The number of hydrogen-bond donors (Lipinski definition) is 3. The van der Waals surface area contributed by atoms with E-state index < -0.39 is 5.97 Å². The highest BCUT2D eigenvalue weighted by molar-refractivity contribution is 6.13. The van der Waals surface area contributed by atoms with Gasteiger partial charge in [0.2, 0.25) is 0 Å². The number of aromatic carboxylic acids is 1. The van der Waals surface area contributed by atoms with E-state index in [1.54, 1.807) is 60.7 Å². The van der Waals surface area contributed by atoms with Gasteiger partial charge in [0, 0.05) is 33.5 Å². The third-order valence-corrected chi connectivity index (χ3v) is 6.86. The van der Waals surface area contributed by atoms with Gasteiger partial charge in [-0.2, -0.15) is 5.11 Å². The molecule has 0 aromatic heterocycles. The van der Waals surface area contributed by atoms with Gasteiger partial charge in [-0.25, -0.2) is 9.79 Å². The molecule has 0 spiro atoms. The van der Waals surface area contributed by atoms with Crippen LogP contribution in [0.2, 0.25) is 0 Å². The van der Waals surface area contributed by atoms with Crippen molar-refractivity contribution < 1.29 is 19.5 Å². The summed E-state index contributed by atoms with van der Waals surface area (Å²) in [5.74, 6) is -1.06. The summed E-state index contributed by atoms with van der Waals surface area (Å²) in [4.78, 5) is 41.6. The number of carbonyl (C=O) groups excluding carboxylic acids is 2. The molecule has 9 nitrogen and oxygen atoms in total. The van der Waals surface area contributed by atoms with E-state index in [0.29, 0.717) is 45.8 Å². The molecule has 6 rings (SSSR count). The molecule has 0 radical (unpaired) electrons. The molecule has 0 aliphatic carbocycles. The van der Waals surface area contributed by atoms with E-state index >= 15 is 0 Å². The maximum Gasteiger partial charge on any atom is 0.336 e. The molecule has 5 aromatic carbocycles. The molecule has 3 N–H and O–H groups in total. The summed E-state index contributed by atoms with van der Waals surface area (Å²) in [7, 11) is 0. The summed E-state index contributed by atoms with van der Waals surface area (Å²) < 4.78 is 0. The number of carbonyl (C=O) groups is 3. The minimum absolute atomic E-state index is 0.176.